The molecule has 1 aromatic carbocycles. The lowest BCUT2D eigenvalue weighted by molar-refractivity contribution is 0.368. The van der Waals surface area contributed by atoms with Crippen LogP contribution in [0, 0.1) is 0 Å². The van der Waals surface area contributed by atoms with Gasteiger partial charge in [-0.1, -0.05) is 0 Å². The lowest BCUT2D eigenvalue weighted by Gasteiger charge is -2.34. The fourth-order valence-corrected chi connectivity index (χ4v) is 2.01. The average molecular weight is 230 g/mol. The Hall–Kier alpha value is -0.930. The van der Waals surface area contributed by atoms with Crippen LogP contribution in [0.5, 0.6) is 11.5 Å². The highest BCUT2D eigenvalue weighted by molar-refractivity contribution is 5.85. The van der Waals surface area contributed by atoms with E-state index >= 15 is 0 Å². The molecule has 3 N–H and O–H groups in total. The SMILES string of the molecule is CC1(C)NCCc2cc(O)c(O)cc21.Cl. The Bertz CT molecular complexity index is 377. The molecule has 15 heavy (non-hydrogen) atoms. The summed E-state index contributed by atoms with van der Waals surface area (Å²) in [6, 6.07) is 3.31. The standard InChI is InChI=1S/C11H15NO2.ClH/c1-11(2)8-6-10(14)9(13)5-7(8)3-4-12-11;/h5-6,12-14H,3-4H2,1-2H3;1H. The van der Waals surface area contributed by atoms with Crippen LogP contribution in [0.25, 0.3) is 0 Å². The number of halogens is 1. The van der Waals surface area contributed by atoms with Crippen LogP contribution in [0.3, 0.4) is 0 Å². The summed E-state index contributed by atoms with van der Waals surface area (Å²) in [5, 5.41) is 22.2. The zero-order valence-corrected chi connectivity index (χ0v) is 9.69. The molecule has 0 saturated heterocycles. The predicted octanol–water partition coefficient (Wildman–Crippen LogP) is 1.90. The Morgan fingerprint density at radius 2 is 1.80 bits per heavy atom. The van der Waals surface area contributed by atoms with Crippen LogP contribution >= 0.6 is 12.4 Å². The minimum Gasteiger partial charge on any atom is -0.504 e. The van der Waals surface area contributed by atoms with Gasteiger partial charge >= 0.3 is 0 Å². The van der Waals surface area contributed by atoms with E-state index in [1.54, 1.807) is 12.1 Å². The summed E-state index contributed by atoms with van der Waals surface area (Å²) in [5.41, 5.74) is 2.06. The first-order valence-corrected chi connectivity index (χ1v) is 4.81. The summed E-state index contributed by atoms with van der Waals surface area (Å²) >= 11 is 0. The van der Waals surface area contributed by atoms with Crippen molar-refractivity contribution in [1.29, 1.82) is 0 Å². The van der Waals surface area contributed by atoms with E-state index in [9.17, 15) is 10.2 Å². The van der Waals surface area contributed by atoms with E-state index < -0.39 is 0 Å². The first kappa shape index (κ1) is 12.1. The van der Waals surface area contributed by atoms with Crippen molar-refractivity contribution in [2.45, 2.75) is 25.8 Å². The number of fused-ring (bicyclic) bond motifs is 1. The molecule has 0 radical (unpaired) electrons. The third kappa shape index (κ3) is 2.03. The maximum absolute atomic E-state index is 9.43. The third-order valence-electron chi connectivity index (χ3n) is 2.84. The summed E-state index contributed by atoms with van der Waals surface area (Å²) in [6.07, 6.45) is 0.895. The Balaban J connectivity index is 0.00000112. The van der Waals surface area contributed by atoms with Crippen molar-refractivity contribution >= 4 is 12.4 Å². The van der Waals surface area contributed by atoms with Gasteiger partial charge in [0.2, 0.25) is 0 Å². The molecule has 1 aliphatic heterocycles. The van der Waals surface area contributed by atoms with E-state index in [0.717, 1.165) is 24.1 Å². The molecule has 0 atom stereocenters. The molecule has 0 fully saturated rings. The number of phenols is 2. The predicted molar refractivity (Wildman–Crippen MR) is 61.8 cm³/mol. The van der Waals surface area contributed by atoms with Gasteiger partial charge < -0.3 is 15.5 Å². The molecule has 0 amide bonds. The average Bonchev–Trinajstić information content (AvgIpc) is 2.08. The first-order chi connectivity index (χ1) is 6.50. The molecule has 1 aromatic rings. The van der Waals surface area contributed by atoms with Gasteiger partial charge in [-0.2, -0.15) is 0 Å². The van der Waals surface area contributed by atoms with E-state index in [1.807, 2.05) is 0 Å². The zero-order valence-electron chi connectivity index (χ0n) is 8.87. The molecule has 4 heteroatoms. The molecule has 0 unspecified atom stereocenters. The van der Waals surface area contributed by atoms with Crippen molar-refractivity contribution in [1.82, 2.24) is 5.32 Å². The van der Waals surface area contributed by atoms with E-state index in [1.165, 1.54) is 0 Å². The van der Waals surface area contributed by atoms with Crippen LogP contribution in [0.15, 0.2) is 12.1 Å². The Labute approximate surface area is 95.5 Å². The number of aromatic hydroxyl groups is 2. The maximum atomic E-state index is 9.43. The summed E-state index contributed by atoms with van der Waals surface area (Å²) in [4.78, 5) is 0. The molecule has 2 rings (SSSR count). The van der Waals surface area contributed by atoms with Crippen LogP contribution < -0.4 is 5.32 Å². The minimum absolute atomic E-state index is 0. The minimum atomic E-state index is -0.126. The van der Waals surface area contributed by atoms with Crippen molar-refractivity contribution in [3.63, 3.8) is 0 Å². The van der Waals surface area contributed by atoms with Crippen LogP contribution in [0.1, 0.15) is 25.0 Å². The smallest absolute Gasteiger partial charge is 0.157 e. The van der Waals surface area contributed by atoms with Crippen LogP contribution in [0.2, 0.25) is 0 Å². The van der Waals surface area contributed by atoms with Gasteiger partial charge in [0.05, 0.1) is 0 Å². The van der Waals surface area contributed by atoms with Gasteiger partial charge in [0.15, 0.2) is 11.5 Å². The number of hydrogen-bond acceptors (Lipinski definition) is 3. The van der Waals surface area contributed by atoms with Crippen LogP contribution in [-0.4, -0.2) is 16.8 Å². The number of benzene rings is 1. The molecule has 84 valence electrons. The van der Waals surface area contributed by atoms with Crippen molar-refractivity contribution in [2.75, 3.05) is 6.54 Å². The number of hydrogen-bond donors (Lipinski definition) is 3. The molecule has 0 spiro atoms. The highest BCUT2D eigenvalue weighted by atomic mass is 35.5. The summed E-state index contributed by atoms with van der Waals surface area (Å²) in [5.74, 6) is -0.0676. The van der Waals surface area contributed by atoms with Crippen LogP contribution in [-0.2, 0) is 12.0 Å². The van der Waals surface area contributed by atoms with Crippen molar-refractivity contribution in [3.05, 3.63) is 23.3 Å². The molecular weight excluding hydrogens is 214 g/mol. The van der Waals surface area contributed by atoms with Crippen molar-refractivity contribution in [2.24, 2.45) is 0 Å². The van der Waals surface area contributed by atoms with Gasteiger partial charge in [0.25, 0.3) is 0 Å². The fraction of sp³-hybridized carbons (Fsp3) is 0.455. The molecule has 1 heterocycles. The molecule has 1 aliphatic rings. The highest BCUT2D eigenvalue weighted by Crippen LogP contribution is 2.35. The Kier molecular flexibility index (Phi) is 3.16. The molecule has 0 saturated carbocycles. The summed E-state index contributed by atoms with van der Waals surface area (Å²) < 4.78 is 0. The largest absolute Gasteiger partial charge is 0.504 e. The van der Waals surface area contributed by atoms with E-state index in [4.69, 9.17) is 0 Å². The van der Waals surface area contributed by atoms with E-state index in [2.05, 4.69) is 19.2 Å². The fourth-order valence-electron chi connectivity index (χ4n) is 2.01. The van der Waals surface area contributed by atoms with Crippen LogP contribution in [0.4, 0.5) is 0 Å². The second-order valence-corrected chi connectivity index (χ2v) is 4.30. The van der Waals surface area contributed by atoms with Gasteiger partial charge in [0, 0.05) is 5.54 Å². The van der Waals surface area contributed by atoms with Crippen molar-refractivity contribution < 1.29 is 10.2 Å². The maximum Gasteiger partial charge on any atom is 0.157 e. The summed E-state index contributed by atoms with van der Waals surface area (Å²) in [7, 11) is 0. The van der Waals surface area contributed by atoms with Gasteiger partial charge in [0.1, 0.15) is 0 Å². The normalized spacial score (nSPS) is 17.7. The van der Waals surface area contributed by atoms with Gasteiger partial charge in [-0.15, -0.1) is 12.4 Å². The van der Waals surface area contributed by atoms with Gasteiger partial charge in [-0.3, -0.25) is 0 Å². The monoisotopic (exact) mass is 229 g/mol. The Morgan fingerprint density at radius 3 is 2.47 bits per heavy atom. The molecule has 0 aromatic heterocycles. The quantitative estimate of drug-likeness (QED) is 0.596. The van der Waals surface area contributed by atoms with Crippen molar-refractivity contribution in [3.8, 4) is 11.5 Å². The van der Waals surface area contributed by atoms with E-state index in [-0.39, 0.29) is 29.4 Å². The summed E-state index contributed by atoms with van der Waals surface area (Å²) in [6.45, 7) is 5.05. The lowest BCUT2D eigenvalue weighted by Crippen LogP contribution is -2.42. The third-order valence-corrected chi connectivity index (χ3v) is 2.84. The lowest BCUT2D eigenvalue weighted by atomic mass is 9.85. The molecule has 0 aliphatic carbocycles. The number of phenolic OH excluding ortho intramolecular Hbond substituents is 2. The second-order valence-electron chi connectivity index (χ2n) is 4.30. The molecule has 0 bridgehead atoms. The van der Waals surface area contributed by atoms with Gasteiger partial charge in [-0.05, 0) is 50.1 Å². The van der Waals surface area contributed by atoms with Gasteiger partial charge in [-0.25, -0.2) is 0 Å². The van der Waals surface area contributed by atoms with E-state index in [0.29, 0.717) is 0 Å². The number of rotatable bonds is 0. The molecular formula is C11H16ClNO2. The first-order valence-electron chi connectivity index (χ1n) is 4.81. The highest BCUT2D eigenvalue weighted by Gasteiger charge is 2.27. The zero-order chi connectivity index (χ0) is 10.3. The topological polar surface area (TPSA) is 52.5 Å². The second kappa shape index (κ2) is 3.91. The number of nitrogens with one attached hydrogen (secondary N) is 1. The Morgan fingerprint density at radius 1 is 1.20 bits per heavy atom. The molecule has 3 nitrogen and oxygen atoms in total.